The van der Waals surface area contributed by atoms with Gasteiger partial charge in [-0.2, -0.15) is 0 Å². The summed E-state index contributed by atoms with van der Waals surface area (Å²) in [4.78, 5) is 18.4. The smallest absolute Gasteiger partial charge is 0.207 e. The molecule has 1 amide bonds. The van der Waals surface area contributed by atoms with Gasteiger partial charge in [-0.05, 0) is 95.3 Å². The first kappa shape index (κ1) is 39.3. The average Bonchev–Trinajstić information content (AvgIpc) is 3.10. The number of anilines is 1. The van der Waals surface area contributed by atoms with Gasteiger partial charge in [0.15, 0.2) is 23.0 Å². The Balaban J connectivity index is 1.63. The predicted octanol–water partition coefficient (Wildman–Crippen LogP) is 7.01. The molecule has 10 nitrogen and oxygen atoms in total. The number of hydrogen-bond donors (Lipinski definition) is 3. The van der Waals surface area contributed by atoms with Crippen LogP contribution in [0.3, 0.4) is 0 Å². The van der Waals surface area contributed by atoms with E-state index in [-0.39, 0.29) is 18.1 Å². The quantitative estimate of drug-likeness (QED) is 0.0852. The minimum atomic E-state index is -0.0126. The fourth-order valence-electron chi connectivity index (χ4n) is 5.94. The molecular weight excluding hydrogens is 618 g/mol. The number of carbonyl (C=O) groups excluding carboxylic acids is 1. The van der Waals surface area contributed by atoms with Gasteiger partial charge in [0.2, 0.25) is 6.41 Å². The summed E-state index contributed by atoms with van der Waals surface area (Å²) in [7, 11) is 5.26. The highest BCUT2D eigenvalue weighted by Crippen LogP contribution is 2.38. The van der Waals surface area contributed by atoms with Crippen LogP contribution in [0.5, 0.6) is 23.0 Å². The SMILES string of the molecule is C=CNC1/C=N\c2cc(OCCCCCOc3cc(N(CC(CCCC)NC=O)C(=C)C(C)NC)c(C)cc3OC)c(OC)cc2CCC1. The third-order valence-electron chi connectivity index (χ3n) is 9.02. The number of nitrogens with one attached hydrogen (secondary N) is 3. The summed E-state index contributed by atoms with van der Waals surface area (Å²) in [5, 5.41) is 9.57. The minimum Gasteiger partial charge on any atom is -0.493 e. The normalized spacial score (nSPS) is 15.8. The number of benzene rings is 2. The topological polar surface area (TPSA) is 106 Å². The van der Waals surface area contributed by atoms with Crippen molar-refractivity contribution in [3.63, 3.8) is 0 Å². The van der Waals surface area contributed by atoms with E-state index in [0.29, 0.717) is 37.0 Å². The van der Waals surface area contributed by atoms with Crippen LogP contribution in [-0.2, 0) is 11.2 Å². The van der Waals surface area contributed by atoms with Crippen molar-refractivity contribution in [3.8, 4) is 23.0 Å². The highest BCUT2D eigenvalue weighted by atomic mass is 16.5. The first-order valence-corrected chi connectivity index (χ1v) is 17.7. The summed E-state index contributed by atoms with van der Waals surface area (Å²) in [6.07, 6.45) is 13.1. The molecule has 2 aromatic rings. The van der Waals surface area contributed by atoms with Crippen LogP contribution in [-0.4, -0.2) is 71.8 Å². The number of aliphatic imine (C=N–C) groups is 1. The Kier molecular flexibility index (Phi) is 16.8. The van der Waals surface area contributed by atoms with Gasteiger partial charge in [-0.1, -0.05) is 32.9 Å². The molecule has 0 fully saturated rings. The fraction of sp³-hybridized carbons (Fsp3) is 0.538. The molecule has 270 valence electrons. The van der Waals surface area contributed by atoms with E-state index in [1.165, 1.54) is 5.56 Å². The summed E-state index contributed by atoms with van der Waals surface area (Å²) >= 11 is 0. The van der Waals surface area contributed by atoms with Gasteiger partial charge >= 0.3 is 0 Å². The van der Waals surface area contributed by atoms with Gasteiger partial charge in [-0.3, -0.25) is 9.79 Å². The molecule has 3 atom stereocenters. The van der Waals surface area contributed by atoms with Crippen LogP contribution in [0.1, 0.15) is 76.3 Å². The number of hydrogen-bond acceptors (Lipinski definition) is 9. The number of amides is 1. The Morgan fingerprint density at radius 2 is 1.73 bits per heavy atom. The lowest BCUT2D eigenvalue weighted by molar-refractivity contribution is -0.110. The van der Waals surface area contributed by atoms with Crippen molar-refractivity contribution in [1.29, 1.82) is 0 Å². The average molecular weight is 678 g/mol. The molecule has 0 bridgehead atoms. The van der Waals surface area contributed by atoms with E-state index in [1.54, 1.807) is 20.4 Å². The van der Waals surface area contributed by atoms with Crippen LogP contribution < -0.4 is 39.8 Å². The number of unbranched alkanes of at least 4 members (excludes halogenated alkanes) is 3. The van der Waals surface area contributed by atoms with Gasteiger partial charge in [0.05, 0.1) is 39.2 Å². The lowest BCUT2D eigenvalue weighted by Crippen LogP contribution is -2.44. The van der Waals surface area contributed by atoms with Crippen LogP contribution in [0.4, 0.5) is 11.4 Å². The Hall–Kier alpha value is -4.18. The number of rotatable bonds is 23. The molecule has 1 aliphatic rings. The lowest BCUT2D eigenvalue weighted by atomic mass is 10.0. The van der Waals surface area contributed by atoms with Crippen LogP contribution in [0.2, 0.25) is 0 Å². The third-order valence-corrected chi connectivity index (χ3v) is 9.02. The maximum Gasteiger partial charge on any atom is 0.207 e. The van der Waals surface area contributed by atoms with Crippen LogP contribution >= 0.6 is 0 Å². The lowest BCUT2D eigenvalue weighted by Gasteiger charge is -2.35. The second kappa shape index (κ2) is 21.0. The molecule has 1 heterocycles. The van der Waals surface area contributed by atoms with E-state index >= 15 is 0 Å². The van der Waals surface area contributed by atoms with Gasteiger partial charge in [0.1, 0.15) is 0 Å². The molecule has 3 rings (SSSR count). The monoisotopic (exact) mass is 677 g/mol. The summed E-state index contributed by atoms with van der Waals surface area (Å²) in [6, 6.07) is 8.29. The molecule has 0 saturated carbocycles. The Morgan fingerprint density at radius 3 is 2.37 bits per heavy atom. The largest absolute Gasteiger partial charge is 0.493 e. The Labute approximate surface area is 294 Å². The molecule has 49 heavy (non-hydrogen) atoms. The molecule has 0 spiro atoms. The van der Waals surface area contributed by atoms with Gasteiger partial charge in [0.25, 0.3) is 0 Å². The van der Waals surface area contributed by atoms with E-state index in [4.69, 9.17) is 23.9 Å². The predicted molar refractivity (Wildman–Crippen MR) is 201 cm³/mol. The highest BCUT2D eigenvalue weighted by molar-refractivity contribution is 5.72. The second-order valence-electron chi connectivity index (χ2n) is 12.6. The van der Waals surface area contributed by atoms with Crippen molar-refractivity contribution in [2.75, 3.05) is 45.9 Å². The van der Waals surface area contributed by atoms with Crippen molar-refractivity contribution in [2.24, 2.45) is 4.99 Å². The first-order valence-electron chi connectivity index (χ1n) is 17.7. The Morgan fingerprint density at radius 1 is 1.04 bits per heavy atom. The third kappa shape index (κ3) is 11.7. The maximum atomic E-state index is 11.5. The van der Waals surface area contributed by atoms with Crippen molar-refractivity contribution in [3.05, 3.63) is 60.4 Å². The molecule has 3 N–H and O–H groups in total. The zero-order chi connectivity index (χ0) is 35.6. The second-order valence-corrected chi connectivity index (χ2v) is 12.6. The molecule has 0 aliphatic carbocycles. The molecular formula is C39H59N5O5. The van der Waals surface area contributed by atoms with E-state index in [1.807, 2.05) is 31.5 Å². The minimum absolute atomic E-state index is 0.0126. The molecule has 0 saturated heterocycles. The van der Waals surface area contributed by atoms with E-state index < -0.39 is 0 Å². The number of methoxy groups -OCH3 is 2. The standard InChI is InChI=1S/C39H59N5O5/c1-9-11-17-33(43-27-45)26-44(30(5)29(4)40-6)35-24-39(36(46-7)21-28(35)3)49-20-14-12-13-19-48-38-23-34-31(22-37(38)47-8)16-15-18-32(25-42-34)41-10-2/h10,21-25,27,29,32-33,40-41H,2,5,9,11-20,26H2,1,3-4,6-8H3,(H,43,45)/b42-25-. The highest BCUT2D eigenvalue weighted by Gasteiger charge is 2.23. The molecule has 10 heteroatoms. The summed E-state index contributed by atoms with van der Waals surface area (Å²) in [5.74, 6) is 2.81. The molecule has 1 aliphatic heterocycles. The molecule has 3 unspecified atom stereocenters. The molecule has 2 aromatic carbocycles. The zero-order valence-corrected chi connectivity index (χ0v) is 30.6. The van der Waals surface area contributed by atoms with E-state index in [9.17, 15) is 4.79 Å². The van der Waals surface area contributed by atoms with E-state index in [0.717, 1.165) is 92.6 Å². The van der Waals surface area contributed by atoms with E-state index in [2.05, 4.69) is 60.8 Å². The van der Waals surface area contributed by atoms with Crippen molar-refractivity contribution in [1.82, 2.24) is 16.0 Å². The maximum absolute atomic E-state index is 11.5. The summed E-state index contributed by atoms with van der Waals surface area (Å²) in [6.45, 7) is 16.2. The molecule has 0 radical (unpaired) electrons. The van der Waals surface area contributed by atoms with Crippen LogP contribution in [0.25, 0.3) is 0 Å². The fourth-order valence-corrected chi connectivity index (χ4v) is 5.94. The summed E-state index contributed by atoms with van der Waals surface area (Å²) < 4.78 is 23.9. The zero-order valence-electron chi connectivity index (χ0n) is 30.6. The molecule has 0 aromatic heterocycles. The van der Waals surface area contributed by atoms with Gasteiger partial charge in [-0.15, -0.1) is 0 Å². The number of fused-ring (bicyclic) bond motifs is 1. The number of ether oxygens (including phenoxy) is 4. The van der Waals surface area contributed by atoms with Crippen molar-refractivity contribution in [2.45, 2.75) is 96.7 Å². The van der Waals surface area contributed by atoms with Crippen LogP contribution in [0, 0.1) is 6.92 Å². The number of likely N-dealkylation sites (N-methyl/N-ethyl adjacent to an activating group) is 1. The summed E-state index contributed by atoms with van der Waals surface area (Å²) in [5.41, 5.74) is 5.02. The van der Waals surface area contributed by atoms with Gasteiger partial charge in [-0.25, -0.2) is 0 Å². The van der Waals surface area contributed by atoms with Crippen molar-refractivity contribution < 1.29 is 23.7 Å². The van der Waals surface area contributed by atoms with Crippen molar-refractivity contribution >= 4 is 24.0 Å². The first-order chi connectivity index (χ1) is 23.8. The number of carbonyl (C=O) groups is 1. The number of aryl methyl sites for hydroxylation is 2. The number of nitrogens with zero attached hydrogens (tertiary/aromatic N) is 2. The van der Waals surface area contributed by atoms with Gasteiger partial charge < -0.3 is 39.8 Å². The Bertz CT molecular complexity index is 1380. The van der Waals surface area contributed by atoms with Gasteiger partial charge in [0, 0.05) is 48.4 Å². The van der Waals surface area contributed by atoms with Crippen LogP contribution in [0.15, 0.2) is 54.3 Å².